The van der Waals surface area contributed by atoms with Gasteiger partial charge in [0.1, 0.15) is 16.9 Å². The van der Waals surface area contributed by atoms with Gasteiger partial charge in [0.05, 0.1) is 13.1 Å². The summed E-state index contributed by atoms with van der Waals surface area (Å²) in [6, 6.07) is 0. The Hall–Kier alpha value is -1.54. The molecule has 9 heteroatoms. The predicted molar refractivity (Wildman–Crippen MR) is 69.1 cm³/mol. The molecule has 6 nitrogen and oxygen atoms in total. The van der Waals surface area contributed by atoms with Crippen LogP contribution in [0.1, 0.15) is 19.7 Å². The maximum atomic E-state index is 13.0. The summed E-state index contributed by atoms with van der Waals surface area (Å²) in [6.45, 7) is 2.26. The molecule has 0 spiro atoms. The van der Waals surface area contributed by atoms with Gasteiger partial charge in [-0.05, 0) is 25.4 Å². The summed E-state index contributed by atoms with van der Waals surface area (Å²) in [5.41, 5.74) is -0.571. The van der Waals surface area contributed by atoms with Crippen molar-refractivity contribution in [1.82, 2.24) is 19.9 Å². The van der Waals surface area contributed by atoms with Gasteiger partial charge in [0.15, 0.2) is 11.5 Å². The van der Waals surface area contributed by atoms with Gasteiger partial charge in [0.2, 0.25) is 5.28 Å². The number of nitrogens with one attached hydrogen (secondary N) is 1. The number of nitrogens with zero attached hydrogens (tertiary/aromatic N) is 4. The number of alkyl halides is 2. The summed E-state index contributed by atoms with van der Waals surface area (Å²) in [5.74, 6) is -2.17. The first-order valence-electron chi connectivity index (χ1n) is 5.95. The minimum Gasteiger partial charge on any atom is -0.383 e. The Bertz CT molecular complexity index is 673. The van der Waals surface area contributed by atoms with Gasteiger partial charge in [-0.25, -0.2) is 13.8 Å². The Morgan fingerprint density at radius 1 is 1.30 bits per heavy atom. The second-order valence-electron chi connectivity index (χ2n) is 5.37. The van der Waals surface area contributed by atoms with Crippen LogP contribution in [0.25, 0.3) is 11.2 Å². The highest BCUT2D eigenvalue weighted by Crippen LogP contribution is 2.34. The highest BCUT2D eigenvalue weighted by molar-refractivity contribution is 6.28. The maximum absolute atomic E-state index is 13.0. The fourth-order valence-electron chi connectivity index (χ4n) is 2.04. The summed E-state index contributed by atoms with van der Waals surface area (Å²) in [7, 11) is 0. The van der Waals surface area contributed by atoms with Crippen LogP contribution in [0.4, 0.5) is 14.6 Å². The van der Waals surface area contributed by atoms with Crippen LogP contribution in [0.3, 0.4) is 0 Å². The highest BCUT2D eigenvalue weighted by Gasteiger charge is 2.45. The third-order valence-electron chi connectivity index (χ3n) is 3.03. The molecule has 1 saturated heterocycles. The van der Waals surface area contributed by atoms with E-state index in [0.717, 1.165) is 0 Å². The normalized spacial score (nSPS) is 18.4. The zero-order valence-electron chi connectivity index (χ0n) is 10.8. The molecule has 0 saturated carbocycles. The largest absolute Gasteiger partial charge is 0.383 e. The number of hydrogen-bond donors (Lipinski definition) is 2. The zero-order chi connectivity index (χ0) is 14.7. The molecule has 2 N–H and O–H groups in total. The van der Waals surface area contributed by atoms with E-state index in [-0.39, 0.29) is 22.6 Å². The van der Waals surface area contributed by atoms with Gasteiger partial charge in [-0.2, -0.15) is 9.97 Å². The van der Waals surface area contributed by atoms with Crippen LogP contribution in [0, 0.1) is 0 Å². The van der Waals surface area contributed by atoms with Crippen LogP contribution in [0.15, 0.2) is 0 Å². The lowest BCUT2D eigenvalue weighted by Gasteiger charge is -2.39. The second-order valence-corrected chi connectivity index (χ2v) is 5.71. The minimum absolute atomic E-state index is 0.0727. The van der Waals surface area contributed by atoms with Crippen LogP contribution >= 0.6 is 11.6 Å². The fourth-order valence-corrected chi connectivity index (χ4v) is 2.20. The van der Waals surface area contributed by atoms with Crippen molar-refractivity contribution < 1.29 is 13.9 Å². The first-order valence-corrected chi connectivity index (χ1v) is 6.32. The lowest BCUT2D eigenvalue weighted by Crippen LogP contribution is -2.56. The van der Waals surface area contributed by atoms with Crippen molar-refractivity contribution in [3.05, 3.63) is 11.1 Å². The lowest BCUT2D eigenvalue weighted by atomic mass is 10.1. The second kappa shape index (κ2) is 3.98. The summed E-state index contributed by atoms with van der Waals surface area (Å²) >= 11 is 5.79. The van der Waals surface area contributed by atoms with Crippen molar-refractivity contribution in [2.24, 2.45) is 0 Å². The van der Waals surface area contributed by atoms with Crippen LogP contribution in [-0.2, 0) is 5.60 Å². The molecule has 20 heavy (non-hydrogen) atoms. The lowest BCUT2D eigenvalue weighted by molar-refractivity contribution is -0.0265. The standard InChI is InChI=1S/C11H12ClF2N5O/c1-10(2,20)8-15-5-6(16-8)17-9(12)18-7(5)19-3-11(13,14)4-19/h20H,3-4H2,1-2H3,(H,15,16,17,18). The Balaban J connectivity index is 2.10. The highest BCUT2D eigenvalue weighted by atomic mass is 35.5. The van der Waals surface area contributed by atoms with Crippen molar-refractivity contribution in [1.29, 1.82) is 0 Å². The molecule has 0 bridgehead atoms. The van der Waals surface area contributed by atoms with Crippen LogP contribution in [0.5, 0.6) is 0 Å². The fraction of sp³-hybridized carbons (Fsp3) is 0.545. The van der Waals surface area contributed by atoms with E-state index in [4.69, 9.17) is 11.6 Å². The number of H-pyrrole nitrogens is 1. The van der Waals surface area contributed by atoms with Gasteiger partial charge in [-0.3, -0.25) is 0 Å². The van der Waals surface area contributed by atoms with Gasteiger partial charge in [0, 0.05) is 0 Å². The third-order valence-corrected chi connectivity index (χ3v) is 3.20. The van der Waals surface area contributed by atoms with E-state index in [2.05, 4.69) is 19.9 Å². The van der Waals surface area contributed by atoms with Crippen LogP contribution in [-0.4, -0.2) is 44.1 Å². The molecular weight excluding hydrogens is 292 g/mol. The maximum Gasteiger partial charge on any atom is 0.282 e. The van der Waals surface area contributed by atoms with Gasteiger partial charge in [-0.15, -0.1) is 0 Å². The Kier molecular flexibility index (Phi) is 2.68. The number of anilines is 1. The van der Waals surface area contributed by atoms with Crippen molar-refractivity contribution in [3.63, 3.8) is 0 Å². The quantitative estimate of drug-likeness (QED) is 0.826. The topological polar surface area (TPSA) is 77.9 Å². The summed E-state index contributed by atoms with van der Waals surface area (Å²) < 4.78 is 26.0. The number of aromatic amines is 1. The molecule has 3 rings (SSSR count). The molecule has 0 aromatic carbocycles. The molecule has 1 aliphatic rings. The van der Waals surface area contributed by atoms with E-state index < -0.39 is 24.6 Å². The van der Waals surface area contributed by atoms with E-state index in [0.29, 0.717) is 5.52 Å². The van der Waals surface area contributed by atoms with Crippen LogP contribution in [0.2, 0.25) is 5.28 Å². The molecule has 0 unspecified atom stereocenters. The number of halogens is 3. The third kappa shape index (κ3) is 2.18. The van der Waals surface area contributed by atoms with Crippen LogP contribution < -0.4 is 4.90 Å². The number of fused-ring (bicyclic) bond motifs is 1. The zero-order valence-corrected chi connectivity index (χ0v) is 11.5. The predicted octanol–water partition coefficient (Wildman–Crippen LogP) is 1.69. The van der Waals surface area contributed by atoms with E-state index >= 15 is 0 Å². The molecule has 1 fully saturated rings. The molecule has 0 atom stereocenters. The van der Waals surface area contributed by atoms with Gasteiger partial charge in [0.25, 0.3) is 5.92 Å². The Morgan fingerprint density at radius 3 is 2.50 bits per heavy atom. The summed E-state index contributed by atoms with van der Waals surface area (Å²) in [4.78, 5) is 16.3. The summed E-state index contributed by atoms with van der Waals surface area (Å²) in [5, 5.41) is 9.86. The molecule has 0 aliphatic carbocycles. The molecule has 0 radical (unpaired) electrons. The van der Waals surface area contributed by atoms with E-state index in [1.165, 1.54) is 4.90 Å². The van der Waals surface area contributed by atoms with Gasteiger partial charge in [-0.1, -0.05) is 0 Å². The number of hydrogen-bond acceptors (Lipinski definition) is 5. The average molecular weight is 304 g/mol. The first kappa shape index (κ1) is 13.4. The summed E-state index contributed by atoms with van der Waals surface area (Å²) in [6.07, 6.45) is 0. The number of rotatable bonds is 2. The molecule has 0 amide bonds. The first-order chi connectivity index (χ1) is 9.16. The monoisotopic (exact) mass is 303 g/mol. The van der Waals surface area contributed by atoms with E-state index in [9.17, 15) is 13.9 Å². The molecule has 2 aromatic heterocycles. The molecule has 2 aromatic rings. The number of imidazole rings is 1. The average Bonchev–Trinajstić information content (AvgIpc) is 2.67. The van der Waals surface area contributed by atoms with Crippen molar-refractivity contribution in [2.45, 2.75) is 25.4 Å². The molecular formula is C11H12ClF2N5O. The Labute approximate surface area is 117 Å². The number of aliphatic hydroxyl groups is 1. The smallest absolute Gasteiger partial charge is 0.282 e. The molecule has 1 aliphatic heterocycles. The molecule has 108 valence electrons. The number of aromatic nitrogens is 4. The molecule has 3 heterocycles. The van der Waals surface area contributed by atoms with Crippen molar-refractivity contribution >= 4 is 28.6 Å². The van der Waals surface area contributed by atoms with Gasteiger partial charge >= 0.3 is 0 Å². The van der Waals surface area contributed by atoms with E-state index in [1.807, 2.05) is 0 Å². The van der Waals surface area contributed by atoms with Crippen molar-refractivity contribution in [2.75, 3.05) is 18.0 Å². The Morgan fingerprint density at radius 2 is 1.95 bits per heavy atom. The van der Waals surface area contributed by atoms with Crippen molar-refractivity contribution in [3.8, 4) is 0 Å². The SMILES string of the molecule is CC(C)(O)c1nc2nc(Cl)nc(N3CC(F)(F)C3)c2[nH]1. The van der Waals surface area contributed by atoms with Gasteiger partial charge < -0.3 is 15.0 Å². The van der Waals surface area contributed by atoms with E-state index in [1.54, 1.807) is 13.8 Å². The minimum atomic E-state index is -2.72.